The number of rotatable bonds is 11. The second-order valence-electron chi connectivity index (χ2n) is 5.04. The lowest BCUT2D eigenvalue weighted by Gasteiger charge is -2.17. The first kappa shape index (κ1) is 17.0. The van der Waals surface area contributed by atoms with E-state index in [1.54, 1.807) is 0 Å². The summed E-state index contributed by atoms with van der Waals surface area (Å²) in [5, 5.41) is 3.31. The fraction of sp³-hybridized carbons (Fsp3) is 0.647. The van der Waals surface area contributed by atoms with E-state index in [4.69, 9.17) is 9.47 Å². The lowest BCUT2D eigenvalue weighted by atomic mass is 10.1. The monoisotopic (exact) mass is 279 g/mol. The van der Waals surface area contributed by atoms with Crippen LogP contribution in [0.1, 0.15) is 51.1 Å². The predicted molar refractivity (Wildman–Crippen MR) is 84.4 cm³/mol. The molecule has 0 amide bonds. The van der Waals surface area contributed by atoms with Crippen molar-refractivity contribution >= 4 is 0 Å². The summed E-state index contributed by atoms with van der Waals surface area (Å²) in [6, 6.07) is 8.54. The Kier molecular flexibility index (Phi) is 9.09. The SMILES string of the molecule is CCCCCOCC(NC)c1ccc(OCCC)cc1. The van der Waals surface area contributed by atoms with E-state index in [0.717, 1.165) is 38.4 Å². The molecule has 0 aliphatic carbocycles. The van der Waals surface area contributed by atoms with Gasteiger partial charge in [-0.05, 0) is 37.6 Å². The lowest BCUT2D eigenvalue weighted by molar-refractivity contribution is 0.110. The minimum atomic E-state index is 0.247. The van der Waals surface area contributed by atoms with Crippen molar-refractivity contribution in [3.8, 4) is 5.75 Å². The summed E-state index contributed by atoms with van der Waals surface area (Å²) in [6.45, 7) is 6.66. The van der Waals surface area contributed by atoms with Gasteiger partial charge in [0.25, 0.3) is 0 Å². The third-order valence-electron chi connectivity index (χ3n) is 3.28. The zero-order valence-electron chi connectivity index (χ0n) is 13.2. The van der Waals surface area contributed by atoms with Crippen LogP contribution < -0.4 is 10.1 Å². The number of ether oxygens (including phenoxy) is 2. The maximum absolute atomic E-state index is 5.74. The molecule has 3 heteroatoms. The van der Waals surface area contributed by atoms with Crippen molar-refractivity contribution in [2.75, 3.05) is 26.9 Å². The minimum absolute atomic E-state index is 0.247. The van der Waals surface area contributed by atoms with E-state index >= 15 is 0 Å². The molecule has 0 aliphatic heterocycles. The van der Waals surface area contributed by atoms with Crippen molar-refractivity contribution in [2.45, 2.75) is 45.6 Å². The highest BCUT2D eigenvalue weighted by molar-refractivity contribution is 5.29. The molecule has 0 bridgehead atoms. The molecule has 1 rings (SSSR count). The Morgan fingerprint density at radius 3 is 2.35 bits per heavy atom. The average Bonchev–Trinajstić information content (AvgIpc) is 2.49. The molecular weight excluding hydrogens is 250 g/mol. The van der Waals surface area contributed by atoms with Gasteiger partial charge in [-0.3, -0.25) is 0 Å². The molecule has 0 saturated heterocycles. The van der Waals surface area contributed by atoms with Crippen LogP contribution in [0.5, 0.6) is 5.75 Å². The Morgan fingerprint density at radius 2 is 1.75 bits per heavy atom. The fourth-order valence-corrected chi connectivity index (χ4v) is 2.02. The Bertz CT molecular complexity index is 337. The number of benzene rings is 1. The maximum atomic E-state index is 5.74. The number of nitrogens with one attached hydrogen (secondary N) is 1. The van der Waals surface area contributed by atoms with Crippen LogP contribution in [0.25, 0.3) is 0 Å². The standard InChI is InChI=1S/C17H29NO2/c1-4-6-7-13-19-14-17(18-3)15-8-10-16(11-9-15)20-12-5-2/h8-11,17-18H,4-7,12-14H2,1-3H3. The molecule has 0 radical (unpaired) electrons. The largest absolute Gasteiger partial charge is 0.494 e. The van der Waals surface area contributed by atoms with Gasteiger partial charge in [-0.2, -0.15) is 0 Å². The second-order valence-corrected chi connectivity index (χ2v) is 5.04. The first-order valence-electron chi connectivity index (χ1n) is 7.79. The van der Waals surface area contributed by atoms with Crippen molar-refractivity contribution in [3.63, 3.8) is 0 Å². The first-order chi connectivity index (χ1) is 9.81. The molecule has 0 aromatic heterocycles. The lowest BCUT2D eigenvalue weighted by Crippen LogP contribution is -2.22. The highest BCUT2D eigenvalue weighted by Gasteiger charge is 2.09. The Labute approximate surface area is 123 Å². The molecular formula is C17H29NO2. The van der Waals surface area contributed by atoms with E-state index in [-0.39, 0.29) is 6.04 Å². The number of unbranched alkanes of at least 4 members (excludes halogenated alkanes) is 2. The van der Waals surface area contributed by atoms with Gasteiger partial charge in [0.15, 0.2) is 0 Å². The summed E-state index contributed by atoms with van der Waals surface area (Å²) < 4.78 is 11.3. The highest BCUT2D eigenvalue weighted by Crippen LogP contribution is 2.18. The number of hydrogen-bond acceptors (Lipinski definition) is 3. The quantitative estimate of drug-likeness (QED) is 0.622. The first-order valence-corrected chi connectivity index (χ1v) is 7.79. The smallest absolute Gasteiger partial charge is 0.119 e. The van der Waals surface area contributed by atoms with E-state index in [2.05, 4.69) is 31.3 Å². The van der Waals surface area contributed by atoms with Crippen molar-refractivity contribution in [1.82, 2.24) is 5.32 Å². The summed E-state index contributed by atoms with van der Waals surface area (Å²) >= 11 is 0. The molecule has 0 heterocycles. The van der Waals surface area contributed by atoms with Crippen LogP contribution in [0.2, 0.25) is 0 Å². The van der Waals surface area contributed by atoms with Crippen LogP contribution in [0.15, 0.2) is 24.3 Å². The molecule has 20 heavy (non-hydrogen) atoms. The molecule has 0 fully saturated rings. The molecule has 114 valence electrons. The molecule has 0 saturated carbocycles. The zero-order chi connectivity index (χ0) is 14.6. The van der Waals surface area contributed by atoms with Crippen molar-refractivity contribution in [2.24, 2.45) is 0 Å². The summed E-state index contributed by atoms with van der Waals surface area (Å²) in [4.78, 5) is 0. The van der Waals surface area contributed by atoms with Gasteiger partial charge in [0, 0.05) is 6.61 Å². The normalized spacial score (nSPS) is 12.3. The van der Waals surface area contributed by atoms with Gasteiger partial charge in [0.2, 0.25) is 0 Å². The molecule has 3 nitrogen and oxygen atoms in total. The Morgan fingerprint density at radius 1 is 1.00 bits per heavy atom. The number of likely N-dealkylation sites (N-methyl/N-ethyl adjacent to an activating group) is 1. The van der Waals surface area contributed by atoms with Crippen LogP contribution in [0, 0.1) is 0 Å². The average molecular weight is 279 g/mol. The van der Waals surface area contributed by atoms with Gasteiger partial charge in [0.1, 0.15) is 5.75 Å². The van der Waals surface area contributed by atoms with Crippen molar-refractivity contribution in [3.05, 3.63) is 29.8 Å². The van der Waals surface area contributed by atoms with Crippen molar-refractivity contribution < 1.29 is 9.47 Å². The predicted octanol–water partition coefficient (Wildman–Crippen LogP) is 3.94. The Hall–Kier alpha value is -1.06. The summed E-state index contributed by atoms with van der Waals surface area (Å²) in [7, 11) is 1.97. The topological polar surface area (TPSA) is 30.5 Å². The van der Waals surface area contributed by atoms with Gasteiger partial charge < -0.3 is 14.8 Å². The van der Waals surface area contributed by atoms with Crippen LogP contribution in [-0.2, 0) is 4.74 Å². The zero-order valence-corrected chi connectivity index (χ0v) is 13.2. The maximum Gasteiger partial charge on any atom is 0.119 e. The van der Waals surface area contributed by atoms with Gasteiger partial charge in [0.05, 0.1) is 19.3 Å². The van der Waals surface area contributed by atoms with Gasteiger partial charge in [-0.25, -0.2) is 0 Å². The van der Waals surface area contributed by atoms with Gasteiger partial charge in [-0.1, -0.05) is 38.8 Å². The van der Waals surface area contributed by atoms with Crippen LogP contribution in [0.3, 0.4) is 0 Å². The van der Waals surface area contributed by atoms with Crippen molar-refractivity contribution in [1.29, 1.82) is 0 Å². The van der Waals surface area contributed by atoms with Gasteiger partial charge in [-0.15, -0.1) is 0 Å². The molecule has 1 atom stereocenters. The van der Waals surface area contributed by atoms with E-state index < -0.39 is 0 Å². The second kappa shape index (κ2) is 10.7. The fourth-order valence-electron chi connectivity index (χ4n) is 2.02. The molecule has 0 spiro atoms. The molecule has 1 unspecified atom stereocenters. The van der Waals surface area contributed by atoms with Crippen LogP contribution >= 0.6 is 0 Å². The molecule has 1 aromatic rings. The third-order valence-corrected chi connectivity index (χ3v) is 3.28. The summed E-state index contributed by atoms with van der Waals surface area (Å²) in [5.74, 6) is 0.939. The molecule has 1 aromatic carbocycles. The van der Waals surface area contributed by atoms with Gasteiger partial charge >= 0.3 is 0 Å². The van der Waals surface area contributed by atoms with Crippen LogP contribution in [0.4, 0.5) is 0 Å². The minimum Gasteiger partial charge on any atom is -0.494 e. The van der Waals surface area contributed by atoms with E-state index in [0.29, 0.717) is 0 Å². The Balaban J connectivity index is 2.40. The summed E-state index contributed by atoms with van der Waals surface area (Å²) in [6.07, 6.45) is 4.66. The number of hydrogen-bond donors (Lipinski definition) is 1. The third kappa shape index (κ3) is 6.40. The highest BCUT2D eigenvalue weighted by atomic mass is 16.5. The van der Waals surface area contributed by atoms with E-state index in [9.17, 15) is 0 Å². The van der Waals surface area contributed by atoms with Crippen LogP contribution in [-0.4, -0.2) is 26.9 Å². The molecule has 1 N–H and O–H groups in total. The summed E-state index contributed by atoms with van der Waals surface area (Å²) in [5.41, 5.74) is 1.24. The molecule has 0 aliphatic rings. The van der Waals surface area contributed by atoms with E-state index in [1.165, 1.54) is 18.4 Å². The van der Waals surface area contributed by atoms with E-state index in [1.807, 2.05) is 19.2 Å².